The first-order valence-corrected chi connectivity index (χ1v) is 23.2. The number of carbonyl (C=O) groups excluding carboxylic acids is 2. The molecule has 2 atom stereocenters. The molecule has 0 saturated carbocycles. The van der Waals surface area contributed by atoms with E-state index in [2.05, 4.69) is 41.7 Å². The molecule has 2 aliphatic heterocycles. The van der Waals surface area contributed by atoms with Gasteiger partial charge in [0.1, 0.15) is 21.0 Å². The molecule has 4 aromatic rings. The topological polar surface area (TPSA) is 223 Å². The summed E-state index contributed by atoms with van der Waals surface area (Å²) in [7, 11) is -6.97. The van der Waals surface area contributed by atoms with Crippen LogP contribution >= 0.6 is 0 Å². The number of hydrogen-bond donors (Lipinski definition) is 4. The SMILES string of the molecule is CC1(C)Cn2ncc(S(N)(=O)=NC(=O)Nc3c4c(cc5c3CCC5)CCC4)c2O1.CC1(C)Cn2ncc(S(N)(=O)=NC(=O)Nc3c4c(cc5c3CCC5)CCC4)c2O1. The zero-order valence-electron chi connectivity index (χ0n) is 33.3. The minimum Gasteiger partial charge on any atom is -0.469 e. The minimum atomic E-state index is -3.49. The van der Waals surface area contributed by atoms with Gasteiger partial charge in [0.25, 0.3) is 0 Å². The number of benzene rings is 2. The molecule has 2 unspecified atom stereocenters. The molecule has 10 rings (SSSR count). The van der Waals surface area contributed by atoms with Crippen molar-refractivity contribution in [2.24, 2.45) is 19.0 Å². The maximum Gasteiger partial charge on any atom is 0.354 e. The van der Waals surface area contributed by atoms with Crippen molar-refractivity contribution >= 4 is 43.3 Å². The number of urea groups is 2. The first kappa shape index (κ1) is 38.7. The van der Waals surface area contributed by atoms with Crippen LogP contribution in [0.1, 0.15) is 97.9 Å². The first-order chi connectivity index (χ1) is 27.5. The van der Waals surface area contributed by atoms with Crippen molar-refractivity contribution in [2.45, 2.75) is 139 Å². The predicted octanol–water partition coefficient (Wildman–Crippen LogP) is 5.93. The van der Waals surface area contributed by atoms with E-state index in [-0.39, 0.29) is 9.79 Å². The number of carbonyl (C=O) groups is 2. The molecule has 2 aromatic carbocycles. The maximum absolute atomic E-state index is 13.1. The number of rotatable bonds is 4. The number of fused-ring (bicyclic) bond motifs is 6. The van der Waals surface area contributed by atoms with Gasteiger partial charge < -0.3 is 20.1 Å². The van der Waals surface area contributed by atoms with Crippen LogP contribution in [-0.4, -0.2) is 51.2 Å². The lowest BCUT2D eigenvalue weighted by atomic mass is 9.99. The average Bonchev–Trinajstić information content (AvgIpc) is 3.96. The van der Waals surface area contributed by atoms with Crippen LogP contribution in [0, 0.1) is 0 Å². The van der Waals surface area contributed by atoms with Gasteiger partial charge in [0.15, 0.2) is 19.8 Å². The van der Waals surface area contributed by atoms with Crippen LogP contribution in [0.5, 0.6) is 11.8 Å². The van der Waals surface area contributed by atoms with Crippen LogP contribution < -0.4 is 30.4 Å². The zero-order chi connectivity index (χ0) is 40.8. The summed E-state index contributed by atoms with van der Waals surface area (Å²) in [5.74, 6) is 0.640. The second-order valence-corrected chi connectivity index (χ2v) is 20.8. The molecule has 0 saturated heterocycles. The van der Waals surface area contributed by atoms with Gasteiger partial charge in [-0.2, -0.15) is 10.2 Å². The summed E-state index contributed by atoms with van der Waals surface area (Å²) in [6, 6.07) is 3.20. The van der Waals surface area contributed by atoms with E-state index in [0.717, 1.165) is 88.4 Å². The van der Waals surface area contributed by atoms with E-state index in [9.17, 15) is 18.0 Å². The molecular weight excluding hydrogens is 781 g/mol. The smallest absolute Gasteiger partial charge is 0.354 e. The van der Waals surface area contributed by atoms with Crippen molar-refractivity contribution in [3.05, 3.63) is 69.0 Å². The van der Waals surface area contributed by atoms with Gasteiger partial charge in [0.2, 0.25) is 11.8 Å². The van der Waals surface area contributed by atoms with Gasteiger partial charge in [0.05, 0.1) is 25.5 Å². The van der Waals surface area contributed by atoms with Gasteiger partial charge in [-0.05, 0) is 149 Å². The van der Waals surface area contributed by atoms with Crippen LogP contribution in [0.2, 0.25) is 0 Å². The number of amides is 4. The van der Waals surface area contributed by atoms with Gasteiger partial charge in [-0.3, -0.25) is 0 Å². The third-order valence-corrected chi connectivity index (χ3v) is 14.5. The van der Waals surface area contributed by atoms with Crippen LogP contribution in [0.25, 0.3) is 0 Å². The van der Waals surface area contributed by atoms with E-state index in [1.165, 1.54) is 56.9 Å². The highest BCUT2D eigenvalue weighted by molar-refractivity contribution is 7.92. The summed E-state index contributed by atoms with van der Waals surface area (Å²) < 4.78 is 48.8. The second-order valence-electron chi connectivity index (χ2n) is 17.3. The second kappa shape index (κ2) is 13.9. The van der Waals surface area contributed by atoms with E-state index >= 15 is 0 Å². The normalized spacial score (nSPS) is 20.4. The third kappa shape index (κ3) is 7.06. The van der Waals surface area contributed by atoms with Gasteiger partial charge in [-0.15, -0.1) is 8.73 Å². The standard InChI is InChI=1S/2C20H25N5O3S/c2*1-20(2)11-25-18(28-20)16(10-22-25)29(21,27)24-19(26)23-17-14-7-3-5-12(14)9-13-6-4-8-15(13)17/h2*9-10H,3-8,11H2,1-2H3,(H3,21,23,24,26,27). The Balaban J connectivity index is 0.000000150. The quantitative estimate of drug-likeness (QED) is 0.193. The Morgan fingerprint density at radius 3 is 1.28 bits per heavy atom. The molecule has 2 aromatic heterocycles. The molecule has 0 bridgehead atoms. The number of nitrogens with zero attached hydrogens (tertiary/aromatic N) is 6. The Labute approximate surface area is 338 Å². The molecule has 18 heteroatoms. The molecule has 4 heterocycles. The maximum atomic E-state index is 13.1. The van der Waals surface area contributed by atoms with Crippen molar-refractivity contribution in [1.29, 1.82) is 0 Å². The fraction of sp³-hybridized carbons (Fsp3) is 0.500. The number of ether oxygens (including phenoxy) is 2. The van der Waals surface area contributed by atoms with Crippen LogP contribution in [0.15, 0.2) is 43.0 Å². The molecule has 4 amide bonds. The number of nitrogens with two attached hydrogens (primary N) is 2. The van der Waals surface area contributed by atoms with E-state index < -0.39 is 43.1 Å². The monoisotopic (exact) mass is 830 g/mol. The lowest BCUT2D eigenvalue weighted by molar-refractivity contribution is 0.131. The number of aromatic nitrogens is 4. The van der Waals surface area contributed by atoms with E-state index in [1.807, 2.05) is 27.7 Å². The molecule has 6 N–H and O–H groups in total. The molecule has 0 fully saturated rings. The Morgan fingerprint density at radius 1 is 0.621 bits per heavy atom. The summed E-state index contributed by atoms with van der Waals surface area (Å²) in [6.45, 7) is 8.67. The molecule has 0 radical (unpaired) electrons. The fourth-order valence-corrected chi connectivity index (χ4v) is 11.4. The summed E-state index contributed by atoms with van der Waals surface area (Å²) >= 11 is 0. The summed E-state index contributed by atoms with van der Waals surface area (Å²) in [5, 5.41) is 26.2. The summed E-state index contributed by atoms with van der Waals surface area (Å²) in [4.78, 5) is 25.8. The molecule has 6 aliphatic rings. The molecule has 58 heavy (non-hydrogen) atoms. The highest BCUT2D eigenvalue weighted by Crippen LogP contribution is 2.41. The Morgan fingerprint density at radius 2 is 0.948 bits per heavy atom. The van der Waals surface area contributed by atoms with Crippen molar-refractivity contribution in [1.82, 2.24) is 19.6 Å². The summed E-state index contributed by atoms with van der Waals surface area (Å²) in [5.41, 5.74) is 10.7. The number of anilines is 2. The average molecular weight is 831 g/mol. The molecular formula is C40H50N10O6S2. The Kier molecular flexibility index (Phi) is 9.29. The van der Waals surface area contributed by atoms with Crippen molar-refractivity contribution in [2.75, 3.05) is 10.6 Å². The number of hydrogen-bond acceptors (Lipinski definition) is 8. The van der Waals surface area contributed by atoms with Gasteiger partial charge in [-0.25, -0.2) is 37.6 Å². The number of nitrogens with one attached hydrogen (secondary N) is 2. The molecule has 308 valence electrons. The third-order valence-electron chi connectivity index (χ3n) is 11.8. The van der Waals surface area contributed by atoms with Gasteiger partial charge in [0, 0.05) is 11.4 Å². The highest BCUT2D eigenvalue weighted by Gasteiger charge is 2.37. The minimum absolute atomic E-state index is 0.154. The fourth-order valence-electron chi connectivity index (χ4n) is 9.39. The van der Waals surface area contributed by atoms with E-state index in [1.54, 1.807) is 9.36 Å². The molecule has 16 nitrogen and oxygen atoms in total. The first-order valence-electron chi connectivity index (χ1n) is 20.0. The van der Waals surface area contributed by atoms with Gasteiger partial charge in [-0.1, -0.05) is 12.1 Å². The molecule has 4 aliphatic carbocycles. The Hall–Kier alpha value is -4.78. The van der Waals surface area contributed by atoms with Gasteiger partial charge >= 0.3 is 12.1 Å². The van der Waals surface area contributed by atoms with Crippen LogP contribution in [0.3, 0.4) is 0 Å². The molecule has 0 spiro atoms. The van der Waals surface area contributed by atoms with E-state index in [4.69, 9.17) is 19.8 Å². The predicted molar refractivity (Wildman–Crippen MR) is 219 cm³/mol. The lowest BCUT2D eigenvalue weighted by Crippen LogP contribution is -2.27. The van der Waals surface area contributed by atoms with Crippen molar-refractivity contribution < 1.29 is 27.5 Å². The zero-order valence-corrected chi connectivity index (χ0v) is 34.9. The Bertz CT molecular complexity index is 2430. The summed E-state index contributed by atoms with van der Waals surface area (Å²) in [6.07, 6.45) is 15.0. The van der Waals surface area contributed by atoms with Crippen LogP contribution in [0.4, 0.5) is 21.0 Å². The number of aryl methyl sites for hydroxylation is 4. The lowest BCUT2D eigenvalue weighted by Gasteiger charge is -2.16. The van der Waals surface area contributed by atoms with Crippen LogP contribution in [-0.2, 0) is 84.3 Å². The van der Waals surface area contributed by atoms with E-state index in [0.29, 0.717) is 24.8 Å². The van der Waals surface area contributed by atoms with Crippen molar-refractivity contribution in [3.8, 4) is 11.8 Å². The largest absolute Gasteiger partial charge is 0.469 e. The highest BCUT2D eigenvalue weighted by atomic mass is 32.2. The van der Waals surface area contributed by atoms with Crippen molar-refractivity contribution in [3.63, 3.8) is 0 Å².